The highest BCUT2D eigenvalue weighted by Gasteiger charge is 2.34. The average Bonchev–Trinajstić information content (AvgIpc) is 2.15. The Kier molecular flexibility index (Phi) is 6.15. The van der Waals surface area contributed by atoms with E-state index in [0.717, 1.165) is 12.8 Å². The van der Waals surface area contributed by atoms with Gasteiger partial charge in [-0.1, -0.05) is 26.7 Å². The van der Waals surface area contributed by atoms with Gasteiger partial charge in [0.1, 0.15) is 5.54 Å². The maximum atomic E-state index is 11.8. The molecule has 2 amide bonds. The molecule has 5 heteroatoms. The first kappa shape index (κ1) is 16.7. The van der Waals surface area contributed by atoms with Crippen LogP contribution in [-0.2, 0) is 4.79 Å². The lowest BCUT2D eigenvalue weighted by Crippen LogP contribution is -2.58. The smallest absolute Gasteiger partial charge is 0.329 e. The quantitative estimate of drug-likeness (QED) is 0.656. The zero-order valence-corrected chi connectivity index (χ0v) is 12.1. The van der Waals surface area contributed by atoms with E-state index in [1.165, 1.54) is 6.92 Å². The van der Waals surface area contributed by atoms with Crippen molar-refractivity contribution in [1.82, 2.24) is 10.6 Å². The second kappa shape index (κ2) is 6.61. The van der Waals surface area contributed by atoms with Crippen LogP contribution in [0.5, 0.6) is 0 Å². The molecule has 0 aliphatic rings. The minimum atomic E-state index is -1.21. The van der Waals surface area contributed by atoms with Gasteiger partial charge in [-0.2, -0.15) is 0 Å². The molecule has 0 rings (SSSR count). The van der Waals surface area contributed by atoms with Gasteiger partial charge in [0.15, 0.2) is 0 Å². The van der Waals surface area contributed by atoms with Gasteiger partial charge in [-0.05, 0) is 33.6 Å². The lowest BCUT2D eigenvalue weighted by molar-refractivity contribution is -0.144. The molecule has 1 atom stereocenters. The molecule has 3 N–H and O–H groups in total. The van der Waals surface area contributed by atoms with Crippen molar-refractivity contribution in [3.63, 3.8) is 0 Å². The number of carbonyl (C=O) groups is 2. The number of carbonyl (C=O) groups excluding carboxylic acids is 1. The van der Waals surface area contributed by atoms with Crippen LogP contribution in [-0.4, -0.2) is 28.2 Å². The summed E-state index contributed by atoms with van der Waals surface area (Å²) in [5.74, 6) is -1.01. The Morgan fingerprint density at radius 1 is 1.00 bits per heavy atom. The Hall–Kier alpha value is -1.26. The minimum Gasteiger partial charge on any atom is -0.480 e. The van der Waals surface area contributed by atoms with Crippen molar-refractivity contribution in [1.29, 1.82) is 0 Å². The van der Waals surface area contributed by atoms with E-state index in [2.05, 4.69) is 10.6 Å². The monoisotopic (exact) mass is 258 g/mol. The molecule has 0 aromatic heterocycles. The van der Waals surface area contributed by atoms with Crippen LogP contribution in [0.25, 0.3) is 0 Å². The molecule has 5 nitrogen and oxygen atoms in total. The van der Waals surface area contributed by atoms with Gasteiger partial charge in [0.05, 0.1) is 0 Å². The second-order valence-electron chi connectivity index (χ2n) is 5.60. The molecule has 0 aliphatic heterocycles. The van der Waals surface area contributed by atoms with Crippen LogP contribution in [0.1, 0.15) is 60.3 Å². The summed E-state index contributed by atoms with van der Waals surface area (Å²) >= 11 is 0. The lowest BCUT2D eigenvalue weighted by Gasteiger charge is -2.30. The highest BCUT2D eigenvalue weighted by atomic mass is 16.4. The van der Waals surface area contributed by atoms with E-state index >= 15 is 0 Å². The van der Waals surface area contributed by atoms with Crippen LogP contribution in [0.4, 0.5) is 4.79 Å². The van der Waals surface area contributed by atoms with E-state index in [1.54, 1.807) is 0 Å². The SMILES string of the molecule is CCCC(C)(C)NC(=O)NC(C)(CCC)C(=O)O. The van der Waals surface area contributed by atoms with Gasteiger partial charge in [0.2, 0.25) is 0 Å². The van der Waals surface area contributed by atoms with Crippen molar-refractivity contribution in [2.45, 2.75) is 71.4 Å². The third-order valence-corrected chi connectivity index (χ3v) is 2.94. The topological polar surface area (TPSA) is 78.4 Å². The van der Waals surface area contributed by atoms with Crippen molar-refractivity contribution < 1.29 is 14.7 Å². The zero-order chi connectivity index (χ0) is 14.4. The van der Waals surface area contributed by atoms with Crippen molar-refractivity contribution in [2.75, 3.05) is 0 Å². The molecule has 0 heterocycles. The zero-order valence-electron chi connectivity index (χ0n) is 12.1. The molecule has 0 bridgehead atoms. The predicted octanol–water partition coefficient (Wildman–Crippen LogP) is 2.51. The predicted molar refractivity (Wildman–Crippen MR) is 71.6 cm³/mol. The van der Waals surface area contributed by atoms with Crippen LogP contribution in [0.15, 0.2) is 0 Å². The number of carboxylic acids is 1. The van der Waals surface area contributed by atoms with Gasteiger partial charge in [0, 0.05) is 5.54 Å². The Balaban J connectivity index is 4.58. The molecular weight excluding hydrogens is 232 g/mol. The molecule has 0 aromatic rings. The third kappa shape index (κ3) is 5.38. The molecule has 0 saturated carbocycles. The number of hydrogen-bond donors (Lipinski definition) is 3. The fourth-order valence-corrected chi connectivity index (χ4v) is 2.00. The number of rotatable bonds is 7. The molecule has 0 saturated heterocycles. The maximum absolute atomic E-state index is 11.8. The average molecular weight is 258 g/mol. The summed E-state index contributed by atoms with van der Waals surface area (Å²) in [5.41, 5.74) is -1.54. The Bertz CT molecular complexity index is 303. The number of nitrogens with one attached hydrogen (secondary N) is 2. The van der Waals surface area contributed by atoms with Crippen LogP contribution >= 0.6 is 0 Å². The Morgan fingerprint density at radius 3 is 1.89 bits per heavy atom. The fraction of sp³-hybridized carbons (Fsp3) is 0.846. The first-order valence-corrected chi connectivity index (χ1v) is 6.50. The van der Waals surface area contributed by atoms with E-state index in [0.29, 0.717) is 12.8 Å². The van der Waals surface area contributed by atoms with Crippen LogP contribution in [0.3, 0.4) is 0 Å². The Labute approximate surface area is 109 Å². The van der Waals surface area contributed by atoms with E-state index < -0.39 is 17.5 Å². The lowest BCUT2D eigenvalue weighted by atomic mass is 9.96. The van der Waals surface area contributed by atoms with Gasteiger partial charge in [-0.15, -0.1) is 0 Å². The number of hydrogen-bond acceptors (Lipinski definition) is 2. The van der Waals surface area contributed by atoms with E-state index in [9.17, 15) is 14.7 Å². The highest BCUT2D eigenvalue weighted by molar-refractivity contribution is 5.86. The molecule has 18 heavy (non-hydrogen) atoms. The van der Waals surface area contributed by atoms with Gasteiger partial charge < -0.3 is 15.7 Å². The van der Waals surface area contributed by atoms with E-state index in [4.69, 9.17) is 0 Å². The van der Waals surface area contributed by atoms with Gasteiger partial charge >= 0.3 is 12.0 Å². The molecule has 106 valence electrons. The molecule has 0 spiro atoms. The molecule has 0 radical (unpaired) electrons. The van der Waals surface area contributed by atoms with Gasteiger partial charge in [-0.25, -0.2) is 9.59 Å². The maximum Gasteiger partial charge on any atom is 0.329 e. The van der Waals surface area contributed by atoms with Gasteiger partial charge in [0.25, 0.3) is 0 Å². The minimum absolute atomic E-state index is 0.329. The summed E-state index contributed by atoms with van der Waals surface area (Å²) in [6.45, 7) is 9.31. The normalized spacial score (nSPS) is 14.7. The summed E-state index contributed by atoms with van der Waals surface area (Å²) in [6, 6.07) is -0.424. The highest BCUT2D eigenvalue weighted by Crippen LogP contribution is 2.14. The van der Waals surface area contributed by atoms with Gasteiger partial charge in [-0.3, -0.25) is 0 Å². The molecular formula is C13H26N2O3. The summed E-state index contributed by atoms with van der Waals surface area (Å²) in [6.07, 6.45) is 2.90. The first-order chi connectivity index (χ1) is 8.17. The third-order valence-electron chi connectivity index (χ3n) is 2.94. The number of urea groups is 1. The molecule has 0 aromatic carbocycles. The number of aliphatic carboxylic acids is 1. The number of amides is 2. The summed E-state index contributed by atoms with van der Waals surface area (Å²) in [7, 11) is 0. The van der Waals surface area contributed by atoms with Crippen LogP contribution in [0, 0.1) is 0 Å². The Morgan fingerprint density at radius 2 is 1.50 bits per heavy atom. The van der Waals surface area contributed by atoms with Crippen LogP contribution < -0.4 is 10.6 Å². The summed E-state index contributed by atoms with van der Waals surface area (Å²) in [4.78, 5) is 23.0. The molecule has 0 fully saturated rings. The molecule has 1 unspecified atom stereocenters. The fourth-order valence-electron chi connectivity index (χ4n) is 2.00. The van der Waals surface area contributed by atoms with E-state index in [-0.39, 0.29) is 5.54 Å². The second-order valence-corrected chi connectivity index (χ2v) is 5.60. The van der Waals surface area contributed by atoms with E-state index in [1.807, 2.05) is 27.7 Å². The van der Waals surface area contributed by atoms with Crippen molar-refractivity contribution in [3.05, 3.63) is 0 Å². The van der Waals surface area contributed by atoms with Crippen molar-refractivity contribution >= 4 is 12.0 Å². The summed E-state index contributed by atoms with van der Waals surface area (Å²) < 4.78 is 0. The standard InChI is InChI=1S/C13H26N2O3/c1-6-8-12(3,4)14-11(18)15-13(5,9-7-2)10(16)17/h6-9H2,1-5H3,(H,16,17)(H2,14,15,18). The van der Waals surface area contributed by atoms with Crippen molar-refractivity contribution in [3.8, 4) is 0 Å². The van der Waals surface area contributed by atoms with Crippen molar-refractivity contribution in [2.24, 2.45) is 0 Å². The first-order valence-electron chi connectivity index (χ1n) is 6.50. The van der Waals surface area contributed by atoms with Crippen LogP contribution in [0.2, 0.25) is 0 Å². The molecule has 0 aliphatic carbocycles. The largest absolute Gasteiger partial charge is 0.480 e. The summed E-state index contributed by atoms with van der Waals surface area (Å²) in [5, 5.41) is 14.5. The number of carboxylic acid groups (broad SMARTS) is 1.